The van der Waals surface area contributed by atoms with Crippen LogP contribution in [0.3, 0.4) is 0 Å². The van der Waals surface area contributed by atoms with Gasteiger partial charge in [0.25, 0.3) is 11.8 Å². The van der Waals surface area contributed by atoms with Gasteiger partial charge in [0.15, 0.2) is 0 Å². The number of halogens is 1. The second kappa shape index (κ2) is 14.8. The lowest BCUT2D eigenvalue weighted by Gasteiger charge is -2.15. The van der Waals surface area contributed by atoms with Crippen LogP contribution in [0.25, 0.3) is 0 Å². The summed E-state index contributed by atoms with van der Waals surface area (Å²) in [6, 6.07) is 18.2. The number of nitrogens with zero attached hydrogens (tertiary/aromatic N) is 1. The number of methoxy groups -OCH3 is 2. The summed E-state index contributed by atoms with van der Waals surface area (Å²) >= 11 is 0. The molecule has 4 N–H and O–H groups in total. The van der Waals surface area contributed by atoms with Gasteiger partial charge in [0, 0.05) is 24.4 Å². The first-order valence-electron chi connectivity index (χ1n) is 13.2. The minimum absolute atomic E-state index is 0.0703. The van der Waals surface area contributed by atoms with Gasteiger partial charge in [-0.25, -0.2) is 9.18 Å². The lowest BCUT2D eigenvalue weighted by atomic mass is 10.1. The number of carbonyl (C=O) groups excluding carboxylic acids is 3. The first-order chi connectivity index (χ1) is 20.9. The van der Waals surface area contributed by atoms with Crippen LogP contribution >= 0.6 is 0 Å². The number of urea groups is 1. The van der Waals surface area contributed by atoms with E-state index < -0.39 is 23.7 Å². The number of amides is 4. The van der Waals surface area contributed by atoms with Crippen LogP contribution in [0.15, 0.2) is 85.2 Å². The van der Waals surface area contributed by atoms with E-state index in [0.29, 0.717) is 34.9 Å². The molecule has 0 aliphatic rings. The number of anilines is 3. The maximum absolute atomic E-state index is 13.7. The van der Waals surface area contributed by atoms with Gasteiger partial charge >= 0.3 is 6.03 Å². The van der Waals surface area contributed by atoms with Crippen molar-refractivity contribution in [2.24, 2.45) is 0 Å². The SMILES string of the molecule is COc1ccc(C(=O)Nc2cnccc2NC(=O)c2ccc(OC)cc2OCCCNC(=O)Nc2ccccc2F)cc1. The molecule has 0 saturated carbocycles. The quantitative estimate of drug-likeness (QED) is 0.164. The van der Waals surface area contributed by atoms with Crippen molar-refractivity contribution < 1.29 is 33.0 Å². The van der Waals surface area contributed by atoms with Crippen LogP contribution in [0.4, 0.5) is 26.2 Å². The van der Waals surface area contributed by atoms with Gasteiger partial charge in [-0.2, -0.15) is 0 Å². The second-order valence-electron chi connectivity index (χ2n) is 8.98. The number of rotatable bonds is 12. The number of ether oxygens (including phenoxy) is 3. The van der Waals surface area contributed by atoms with Crippen molar-refractivity contribution in [3.63, 3.8) is 0 Å². The highest BCUT2D eigenvalue weighted by Crippen LogP contribution is 2.28. The smallest absolute Gasteiger partial charge is 0.319 e. The van der Waals surface area contributed by atoms with Gasteiger partial charge in [-0.05, 0) is 61.0 Å². The van der Waals surface area contributed by atoms with E-state index in [0.717, 1.165) is 0 Å². The average Bonchev–Trinajstić information content (AvgIpc) is 3.02. The fourth-order valence-corrected chi connectivity index (χ4v) is 3.85. The Kier molecular flexibility index (Phi) is 10.5. The first-order valence-corrected chi connectivity index (χ1v) is 13.2. The third-order valence-corrected chi connectivity index (χ3v) is 6.09. The van der Waals surface area contributed by atoms with Gasteiger partial charge in [-0.15, -0.1) is 0 Å². The third kappa shape index (κ3) is 8.43. The summed E-state index contributed by atoms with van der Waals surface area (Å²) in [5.41, 5.74) is 1.31. The van der Waals surface area contributed by atoms with Crippen molar-refractivity contribution in [1.29, 1.82) is 0 Å². The molecule has 0 radical (unpaired) electrons. The van der Waals surface area contributed by atoms with Crippen LogP contribution in [0.1, 0.15) is 27.1 Å². The lowest BCUT2D eigenvalue weighted by molar-refractivity contribution is 0.101. The highest BCUT2D eigenvalue weighted by atomic mass is 19.1. The molecule has 0 atom stereocenters. The fraction of sp³-hybridized carbons (Fsp3) is 0.161. The van der Waals surface area contributed by atoms with Gasteiger partial charge in [0.1, 0.15) is 23.1 Å². The average molecular weight is 588 g/mol. The number of pyridine rings is 1. The van der Waals surface area contributed by atoms with E-state index in [1.807, 2.05) is 0 Å². The standard InChI is InChI=1S/C31H30FN5O6/c1-41-21-10-8-20(9-11-21)29(38)36-27-19-33-16-14-26(27)35-30(39)23-13-12-22(42-2)18-28(23)43-17-5-15-34-31(40)37-25-7-4-3-6-24(25)32/h3-4,6-14,16,18-19H,5,15,17H2,1-2H3,(H,36,38)(H,33,35,39)(H2,34,37,40). The van der Waals surface area contributed by atoms with Crippen molar-refractivity contribution in [2.75, 3.05) is 43.3 Å². The number of benzene rings is 3. The molecule has 1 heterocycles. The maximum atomic E-state index is 13.7. The van der Waals surface area contributed by atoms with Crippen LogP contribution < -0.4 is 35.5 Å². The molecule has 43 heavy (non-hydrogen) atoms. The molecule has 4 amide bonds. The molecule has 3 aromatic carbocycles. The Morgan fingerprint density at radius 1 is 0.791 bits per heavy atom. The monoisotopic (exact) mass is 587 g/mol. The minimum atomic E-state index is -0.557. The fourth-order valence-electron chi connectivity index (χ4n) is 3.85. The number of para-hydroxylation sites is 1. The molecule has 0 unspecified atom stereocenters. The molecule has 0 fully saturated rings. The van der Waals surface area contributed by atoms with Crippen LogP contribution in [-0.4, -0.2) is 50.2 Å². The Morgan fingerprint density at radius 2 is 1.51 bits per heavy atom. The topological polar surface area (TPSA) is 140 Å². The summed E-state index contributed by atoms with van der Waals surface area (Å²) in [6.45, 7) is 0.395. The zero-order valence-electron chi connectivity index (χ0n) is 23.5. The van der Waals surface area contributed by atoms with Crippen molar-refractivity contribution in [1.82, 2.24) is 10.3 Å². The van der Waals surface area contributed by atoms with E-state index in [9.17, 15) is 18.8 Å². The molecule has 0 aliphatic carbocycles. The maximum Gasteiger partial charge on any atom is 0.319 e. The van der Waals surface area contributed by atoms with Gasteiger partial charge in [0.2, 0.25) is 0 Å². The largest absolute Gasteiger partial charge is 0.497 e. The highest BCUT2D eigenvalue weighted by Gasteiger charge is 2.17. The van der Waals surface area contributed by atoms with Crippen LogP contribution in [-0.2, 0) is 0 Å². The number of hydrogen-bond donors (Lipinski definition) is 4. The second-order valence-corrected chi connectivity index (χ2v) is 8.98. The molecule has 0 saturated heterocycles. The van der Waals surface area contributed by atoms with Crippen LogP contribution in [0.5, 0.6) is 17.2 Å². The number of nitrogens with one attached hydrogen (secondary N) is 4. The van der Waals surface area contributed by atoms with Gasteiger partial charge in [-0.1, -0.05) is 12.1 Å². The predicted octanol–water partition coefficient (Wildman–Crippen LogP) is 5.33. The van der Waals surface area contributed by atoms with Gasteiger partial charge in [0.05, 0.1) is 49.6 Å². The number of aromatic nitrogens is 1. The van der Waals surface area contributed by atoms with Crippen LogP contribution in [0, 0.1) is 5.82 Å². The van der Waals surface area contributed by atoms with E-state index >= 15 is 0 Å². The Balaban J connectivity index is 1.36. The molecule has 1 aromatic heterocycles. The van der Waals surface area contributed by atoms with E-state index in [4.69, 9.17) is 14.2 Å². The van der Waals surface area contributed by atoms with Crippen molar-refractivity contribution in [3.05, 3.63) is 102 Å². The molecule has 0 bridgehead atoms. The Hall–Kier alpha value is -5.65. The van der Waals surface area contributed by atoms with Crippen molar-refractivity contribution >= 4 is 34.9 Å². The minimum Gasteiger partial charge on any atom is -0.497 e. The Labute approximate surface area is 247 Å². The molecule has 4 rings (SSSR count). The lowest BCUT2D eigenvalue weighted by Crippen LogP contribution is -2.30. The molecular weight excluding hydrogens is 557 g/mol. The molecular formula is C31H30FN5O6. The summed E-state index contributed by atoms with van der Waals surface area (Å²) in [5.74, 6) is -0.0777. The molecule has 0 aliphatic heterocycles. The van der Waals surface area contributed by atoms with Crippen molar-refractivity contribution in [2.45, 2.75) is 6.42 Å². The van der Waals surface area contributed by atoms with E-state index in [1.165, 1.54) is 44.8 Å². The molecule has 4 aromatic rings. The van der Waals surface area contributed by atoms with E-state index in [-0.39, 0.29) is 30.2 Å². The van der Waals surface area contributed by atoms with Crippen molar-refractivity contribution in [3.8, 4) is 17.2 Å². The Morgan fingerprint density at radius 3 is 2.26 bits per heavy atom. The zero-order valence-corrected chi connectivity index (χ0v) is 23.5. The summed E-state index contributed by atoms with van der Waals surface area (Å²) in [6.07, 6.45) is 3.31. The summed E-state index contributed by atoms with van der Waals surface area (Å²) in [4.78, 5) is 42.2. The van der Waals surface area contributed by atoms with E-state index in [2.05, 4.69) is 26.3 Å². The highest BCUT2D eigenvalue weighted by molar-refractivity contribution is 6.10. The molecule has 222 valence electrons. The predicted molar refractivity (Wildman–Crippen MR) is 160 cm³/mol. The molecule has 12 heteroatoms. The third-order valence-electron chi connectivity index (χ3n) is 6.09. The molecule has 0 spiro atoms. The zero-order chi connectivity index (χ0) is 30.6. The normalized spacial score (nSPS) is 10.3. The van der Waals surface area contributed by atoms with Gasteiger partial charge < -0.3 is 35.5 Å². The van der Waals surface area contributed by atoms with E-state index in [1.54, 1.807) is 54.6 Å². The molecule has 11 nitrogen and oxygen atoms in total. The summed E-state index contributed by atoms with van der Waals surface area (Å²) in [5, 5.41) is 10.6. The van der Waals surface area contributed by atoms with Crippen LogP contribution in [0.2, 0.25) is 0 Å². The summed E-state index contributed by atoms with van der Waals surface area (Å²) < 4.78 is 30.0. The number of hydrogen-bond acceptors (Lipinski definition) is 7. The number of carbonyl (C=O) groups is 3. The summed E-state index contributed by atoms with van der Waals surface area (Å²) in [7, 11) is 3.03. The van der Waals surface area contributed by atoms with Gasteiger partial charge in [-0.3, -0.25) is 14.6 Å². The first kappa shape index (κ1) is 30.3. The Bertz CT molecular complexity index is 1580.